The number of amides is 1. The number of fused-ring (bicyclic) bond motifs is 3. The molecule has 24 heavy (non-hydrogen) atoms. The van der Waals surface area contributed by atoms with Crippen LogP contribution >= 0.6 is 11.6 Å². The SMILES string of the molecule is O=C(c1ccc(F)c(F)c1)N1CCc2[nH]c3ccc(Cl)cc3c2C1. The Bertz CT molecular complexity index is 967. The summed E-state index contributed by atoms with van der Waals surface area (Å²) in [6.45, 7) is 0.929. The van der Waals surface area contributed by atoms with Crippen LogP contribution in [0.4, 0.5) is 8.78 Å². The molecule has 2 aromatic carbocycles. The number of benzene rings is 2. The topological polar surface area (TPSA) is 36.1 Å². The maximum Gasteiger partial charge on any atom is 0.254 e. The van der Waals surface area contributed by atoms with Gasteiger partial charge in [-0.15, -0.1) is 0 Å². The molecule has 1 amide bonds. The third-order valence-electron chi connectivity index (χ3n) is 4.39. The third-order valence-corrected chi connectivity index (χ3v) is 4.63. The lowest BCUT2D eigenvalue weighted by Gasteiger charge is -2.27. The Morgan fingerprint density at radius 2 is 1.96 bits per heavy atom. The molecule has 3 aromatic rings. The number of aromatic nitrogens is 1. The van der Waals surface area contributed by atoms with Crippen LogP contribution in [0.2, 0.25) is 5.02 Å². The van der Waals surface area contributed by atoms with Gasteiger partial charge in [-0.1, -0.05) is 11.6 Å². The first-order valence-electron chi connectivity index (χ1n) is 7.56. The number of carbonyl (C=O) groups is 1. The summed E-state index contributed by atoms with van der Waals surface area (Å²) in [6.07, 6.45) is 0.678. The fourth-order valence-electron chi connectivity index (χ4n) is 3.17. The Kier molecular flexibility index (Phi) is 3.53. The summed E-state index contributed by atoms with van der Waals surface area (Å²) in [5.74, 6) is -2.29. The number of hydrogen-bond acceptors (Lipinski definition) is 1. The van der Waals surface area contributed by atoms with Crippen LogP contribution in [0.15, 0.2) is 36.4 Å². The van der Waals surface area contributed by atoms with Crippen molar-refractivity contribution >= 4 is 28.4 Å². The summed E-state index contributed by atoms with van der Waals surface area (Å²) in [5.41, 5.74) is 3.23. The fourth-order valence-corrected chi connectivity index (χ4v) is 3.34. The van der Waals surface area contributed by atoms with Gasteiger partial charge >= 0.3 is 0 Å². The zero-order valence-electron chi connectivity index (χ0n) is 12.6. The number of H-pyrrole nitrogens is 1. The van der Waals surface area contributed by atoms with Crippen molar-refractivity contribution in [3.05, 3.63) is 69.9 Å². The minimum absolute atomic E-state index is 0.148. The van der Waals surface area contributed by atoms with Gasteiger partial charge in [-0.2, -0.15) is 0 Å². The van der Waals surface area contributed by atoms with Crippen molar-refractivity contribution in [1.29, 1.82) is 0 Å². The smallest absolute Gasteiger partial charge is 0.254 e. The van der Waals surface area contributed by atoms with Crippen molar-refractivity contribution in [3.8, 4) is 0 Å². The number of rotatable bonds is 1. The average Bonchev–Trinajstić information content (AvgIpc) is 2.94. The Hall–Kier alpha value is -2.40. The van der Waals surface area contributed by atoms with E-state index >= 15 is 0 Å². The number of nitrogens with one attached hydrogen (secondary N) is 1. The first-order valence-corrected chi connectivity index (χ1v) is 7.94. The lowest BCUT2D eigenvalue weighted by Crippen LogP contribution is -2.35. The molecule has 0 atom stereocenters. The van der Waals surface area contributed by atoms with Gasteiger partial charge in [0.25, 0.3) is 5.91 Å². The summed E-state index contributed by atoms with van der Waals surface area (Å²) in [4.78, 5) is 17.6. The maximum atomic E-state index is 13.4. The van der Waals surface area contributed by atoms with Crippen molar-refractivity contribution < 1.29 is 13.6 Å². The molecular formula is C18H13ClF2N2O. The van der Waals surface area contributed by atoms with E-state index in [4.69, 9.17) is 11.6 Å². The Morgan fingerprint density at radius 3 is 2.75 bits per heavy atom. The molecule has 1 aliphatic heterocycles. The van der Waals surface area contributed by atoms with E-state index in [1.165, 1.54) is 6.07 Å². The molecule has 0 aliphatic carbocycles. The van der Waals surface area contributed by atoms with Crippen molar-refractivity contribution in [3.63, 3.8) is 0 Å². The predicted octanol–water partition coefficient (Wildman–Crippen LogP) is 4.30. The number of aromatic amines is 1. The van der Waals surface area contributed by atoms with Crippen LogP contribution in [0, 0.1) is 11.6 Å². The van der Waals surface area contributed by atoms with Gasteiger partial charge in [-0.05, 0) is 36.4 Å². The van der Waals surface area contributed by atoms with Crippen molar-refractivity contribution in [1.82, 2.24) is 9.88 Å². The van der Waals surface area contributed by atoms with Crippen molar-refractivity contribution in [2.24, 2.45) is 0 Å². The zero-order valence-corrected chi connectivity index (χ0v) is 13.3. The second-order valence-corrected chi connectivity index (χ2v) is 6.31. The Morgan fingerprint density at radius 1 is 1.12 bits per heavy atom. The van der Waals surface area contributed by atoms with E-state index < -0.39 is 11.6 Å². The third kappa shape index (κ3) is 2.45. The van der Waals surface area contributed by atoms with Gasteiger partial charge in [0.2, 0.25) is 0 Å². The molecular weight excluding hydrogens is 334 g/mol. The highest BCUT2D eigenvalue weighted by atomic mass is 35.5. The van der Waals surface area contributed by atoms with E-state index in [1.54, 1.807) is 4.90 Å². The minimum Gasteiger partial charge on any atom is -0.358 e. The van der Waals surface area contributed by atoms with Gasteiger partial charge in [0.05, 0.1) is 0 Å². The van der Waals surface area contributed by atoms with Crippen LogP contribution in [0.5, 0.6) is 0 Å². The van der Waals surface area contributed by atoms with Crippen molar-refractivity contribution in [2.45, 2.75) is 13.0 Å². The number of hydrogen-bond donors (Lipinski definition) is 1. The molecule has 0 radical (unpaired) electrons. The first-order chi connectivity index (χ1) is 11.5. The highest BCUT2D eigenvalue weighted by Crippen LogP contribution is 2.30. The van der Waals surface area contributed by atoms with Gasteiger partial charge < -0.3 is 9.88 Å². The van der Waals surface area contributed by atoms with E-state index in [9.17, 15) is 13.6 Å². The summed E-state index contributed by atoms with van der Waals surface area (Å²) in [7, 11) is 0. The number of carbonyl (C=O) groups excluding carboxylic acids is 1. The fraction of sp³-hybridized carbons (Fsp3) is 0.167. The highest BCUT2D eigenvalue weighted by Gasteiger charge is 2.25. The molecule has 0 spiro atoms. The molecule has 1 N–H and O–H groups in total. The van der Waals surface area contributed by atoms with Crippen LogP contribution < -0.4 is 0 Å². The lowest BCUT2D eigenvalue weighted by atomic mass is 10.0. The zero-order chi connectivity index (χ0) is 16.8. The molecule has 4 rings (SSSR count). The molecule has 0 unspecified atom stereocenters. The van der Waals surface area contributed by atoms with E-state index in [-0.39, 0.29) is 11.5 Å². The highest BCUT2D eigenvalue weighted by molar-refractivity contribution is 6.31. The summed E-state index contributed by atoms with van der Waals surface area (Å²) >= 11 is 6.07. The molecule has 0 bridgehead atoms. The molecule has 0 saturated carbocycles. The quantitative estimate of drug-likeness (QED) is 0.700. The van der Waals surface area contributed by atoms with Crippen molar-refractivity contribution in [2.75, 3.05) is 6.54 Å². The van der Waals surface area contributed by atoms with E-state index in [1.807, 2.05) is 18.2 Å². The van der Waals surface area contributed by atoms with Crippen LogP contribution in [-0.2, 0) is 13.0 Å². The number of nitrogens with zero attached hydrogens (tertiary/aromatic N) is 1. The summed E-state index contributed by atoms with van der Waals surface area (Å²) < 4.78 is 26.4. The largest absolute Gasteiger partial charge is 0.358 e. The van der Waals surface area contributed by atoms with Gasteiger partial charge in [0.15, 0.2) is 11.6 Å². The first kappa shape index (κ1) is 15.1. The molecule has 1 aromatic heterocycles. The second-order valence-electron chi connectivity index (χ2n) is 5.88. The molecule has 1 aliphatic rings. The molecule has 0 fully saturated rings. The second kappa shape index (κ2) is 5.60. The van der Waals surface area contributed by atoms with Gasteiger partial charge in [0, 0.05) is 52.3 Å². The molecule has 3 nitrogen and oxygen atoms in total. The lowest BCUT2D eigenvalue weighted by molar-refractivity contribution is 0.0734. The van der Waals surface area contributed by atoms with Crippen LogP contribution in [0.1, 0.15) is 21.6 Å². The van der Waals surface area contributed by atoms with E-state index in [0.29, 0.717) is 24.5 Å². The molecule has 0 saturated heterocycles. The Labute approximate surface area is 141 Å². The number of halogens is 3. The van der Waals surface area contributed by atoms with Gasteiger partial charge in [-0.3, -0.25) is 4.79 Å². The van der Waals surface area contributed by atoms with Crippen LogP contribution in [0.25, 0.3) is 10.9 Å². The Balaban J connectivity index is 1.68. The normalized spacial score (nSPS) is 14.0. The minimum atomic E-state index is -1.02. The molecule has 122 valence electrons. The molecule has 2 heterocycles. The summed E-state index contributed by atoms with van der Waals surface area (Å²) in [6, 6.07) is 8.83. The molecule has 6 heteroatoms. The van der Waals surface area contributed by atoms with Gasteiger partial charge in [-0.25, -0.2) is 8.78 Å². The monoisotopic (exact) mass is 346 g/mol. The summed E-state index contributed by atoms with van der Waals surface area (Å²) in [5, 5.41) is 1.62. The predicted molar refractivity (Wildman–Crippen MR) is 88.1 cm³/mol. The maximum absolute atomic E-state index is 13.4. The van der Waals surface area contributed by atoms with Crippen LogP contribution in [0.3, 0.4) is 0 Å². The van der Waals surface area contributed by atoms with E-state index in [2.05, 4.69) is 4.98 Å². The standard InChI is InChI=1S/C18H13ClF2N2O/c19-11-2-4-16-12(8-11)13-9-23(6-5-17(13)22-16)18(24)10-1-3-14(20)15(21)7-10/h1-4,7-8,22H,5-6,9H2. The van der Waals surface area contributed by atoms with Crippen LogP contribution in [-0.4, -0.2) is 22.3 Å². The average molecular weight is 347 g/mol. The van der Waals surface area contributed by atoms with E-state index in [0.717, 1.165) is 34.3 Å². The van der Waals surface area contributed by atoms with Gasteiger partial charge in [0.1, 0.15) is 0 Å².